The predicted molar refractivity (Wildman–Crippen MR) is 87.6 cm³/mol. The molecule has 0 spiro atoms. The number of nitrogen functional groups attached to an aromatic ring is 1. The van der Waals surface area contributed by atoms with Crippen molar-refractivity contribution in [2.45, 2.75) is 31.1 Å². The summed E-state index contributed by atoms with van der Waals surface area (Å²) >= 11 is 2.81. The molecule has 0 saturated heterocycles. The molecule has 0 aliphatic rings. The largest absolute Gasteiger partial charge is 0.394 e. The average Bonchev–Trinajstić information content (AvgIpc) is 3.16. The molecular weight excluding hydrogens is 322 g/mol. The van der Waals surface area contributed by atoms with Crippen LogP contribution in [0.15, 0.2) is 22.0 Å². The van der Waals surface area contributed by atoms with Gasteiger partial charge in [-0.15, -0.1) is 5.10 Å². The molecule has 7 nitrogen and oxygen atoms in total. The zero-order valence-corrected chi connectivity index (χ0v) is 13.9. The Hall–Kier alpha value is -1.58. The van der Waals surface area contributed by atoms with Gasteiger partial charge < -0.3 is 15.7 Å². The van der Waals surface area contributed by atoms with Gasteiger partial charge in [0.25, 0.3) is 0 Å². The quantitative estimate of drug-likeness (QED) is 0.625. The number of aliphatic hydroxyl groups excluding tert-OH is 1. The molecule has 0 aromatic carbocycles. The Balaban J connectivity index is 2.01. The third-order valence-corrected chi connectivity index (χ3v) is 4.75. The van der Waals surface area contributed by atoms with E-state index in [0.717, 1.165) is 5.56 Å². The van der Waals surface area contributed by atoms with Gasteiger partial charge in [-0.1, -0.05) is 18.7 Å². The lowest BCUT2D eigenvalue weighted by Crippen LogP contribution is -2.42. The highest BCUT2D eigenvalue weighted by Crippen LogP contribution is 2.18. The summed E-state index contributed by atoms with van der Waals surface area (Å²) in [5.41, 5.74) is 6.52. The summed E-state index contributed by atoms with van der Waals surface area (Å²) in [6.45, 7) is 2.40. The summed E-state index contributed by atoms with van der Waals surface area (Å²) in [6, 6.07) is 1.79. The third kappa shape index (κ3) is 4.46. The molecule has 0 aliphatic heterocycles. The number of carbonyl (C=O) groups excluding carboxylic acids is 1. The van der Waals surface area contributed by atoms with Crippen LogP contribution in [0.5, 0.6) is 0 Å². The molecule has 2 heterocycles. The van der Waals surface area contributed by atoms with Gasteiger partial charge in [-0.2, -0.15) is 16.3 Å². The molecule has 0 fully saturated rings. The van der Waals surface area contributed by atoms with E-state index in [-0.39, 0.29) is 30.3 Å². The molecule has 0 saturated carbocycles. The van der Waals surface area contributed by atoms with Crippen LogP contribution in [0, 0.1) is 0 Å². The van der Waals surface area contributed by atoms with Crippen molar-refractivity contribution in [1.29, 1.82) is 0 Å². The summed E-state index contributed by atoms with van der Waals surface area (Å²) in [7, 11) is 0. The second kappa shape index (κ2) is 8.16. The SMILES string of the molecule is CCC(CO)N(Cc1ccsc1)C(=O)CSc1n[nH]c(N)n1. The Morgan fingerprint density at radius 3 is 3.00 bits per heavy atom. The minimum atomic E-state index is -0.190. The fourth-order valence-corrected chi connectivity index (χ4v) is 3.33. The number of hydrogen-bond acceptors (Lipinski definition) is 7. The maximum atomic E-state index is 12.5. The highest BCUT2D eigenvalue weighted by molar-refractivity contribution is 7.99. The number of anilines is 1. The summed E-state index contributed by atoms with van der Waals surface area (Å²) < 4.78 is 0. The number of H-pyrrole nitrogens is 1. The molecule has 4 N–H and O–H groups in total. The molecular formula is C13H19N5O2S2. The molecule has 2 aromatic rings. The van der Waals surface area contributed by atoms with Crippen molar-refractivity contribution in [3.63, 3.8) is 0 Å². The summed E-state index contributed by atoms with van der Waals surface area (Å²) in [5, 5.41) is 20.4. The van der Waals surface area contributed by atoms with Crippen LogP contribution in [0.1, 0.15) is 18.9 Å². The molecule has 9 heteroatoms. The molecule has 0 bridgehead atoms. The normalized spacial score (nSPS) is 12.3. The van der Waals surface area contributed by atoms with E-state index in [1.54, 1.807) is 16.2 Å². The van der Waals surface area contributed by atoms with Crippen molar-refractivity contribution >= 4 is 35.0 Å². The molecule has 0 radical (unpaired) electrons. The summed E-state index contributed by atoms with van der Waals surface area (Å²) in [4.78, 5) is 18.2. The zero-order valence-electron chi connectivity index (χ0n) is 12.2. The highest BCUT2D eigenvalue weighted by atomic mass is 32.2. The third-order valence-electron chi connectivity index (χ3n) is 3.18. The second-order valence-electron chi connectivity index (χ2n) is 4.69. The number of aromatic amines is 1. The van der Waals surface area contributed by atoms with E-state index >= 15 is 0 Å². The molecule has 120 valence electrons. The van der Waals surface area contributed by atoms with E-state index in [0.29, 0.717) is 18.1 Å². The first kappa shape index (κ1) is 16.8. The van der Waals surface area contributed by atoms with Gasteiger partial charge in [0.05, 0.1) is 18.4 Å². The number of aromatic nitrogens is 3. The maximum Gasteiger partial charge on any atom is 0.233 e. The Morgan fingerprint density at radius 1 is 1.64 bits per heavy atom. The van der Waals surface area contributed by atoms with E-state index < -0.39 is 0 Å². The fraction of sp³-hybridized carbons (Fsp3) is 0.462. The molecule has 0 aliphatic carbocycles. The number of nitrogens with zero attached hydrogens (tertiary/aromatic N) is 3. The standard InChI is InChI=1S/C13H19N5O2S2/c1-2-10(6-19)18(5-9-3-4-21-7-9)11(20)8-22-13-15-12(14)16-17-13/h3-4,7,10,19H,2,5-6,8H2,1H3,(H3,14,15,16,17). The predicted octanol–water partition coefficient (Wildman–Crippen LogP) is 1.34. The minimum absolute atomic E-state index is 0.0509. The molecule has 22 heavy (non-hydrogen) atoms. The first-order valence-corrected chi connectivity index (χ1v) is 8.79. The lowest BCUT2D eigenvalue weighted by Gasteiger charge is -2.29. The van der Waals surface area contributed by atoms with Gasteiger partial charge in [0.2, 0.25) is 17.0 Å². The number of amides is 1. The van der Waals surface area contributed by atoms with Gasteiger partial charge >= 0.3 is 0 Å². The molecule has 2 aromatic heterocycles. The highest BCUT2D eigenvalue weighted by Gasteiger charge is 2.22. The minimum Gasteiger partial charge on any atom is -0.394 e. The van der Waals surface area contributed by atoms with Crippen LogP contribution in [0.2, 0.25) is 0 Å². The van der Waals surface area contributed by atoms with Crippen molar-refractivity contribution < 1.29 is 9.90 Å². The van der Waals surface area contributed by atoms with Gasteiger partial charge in [0.15, 0.2) is 0 Å². The number of rotatable bonds is 8. The van der Waals surface area contributed by atoms with Crippen molar-refractivity contribution in [3.05, 3.63) is 22.4 Å². The number of nitrogens with one attached hydrogen (secondary N) is 1. The number of nitrogens with two attached hydrogens (primary N) is 1. The zero-order chi connectivity index (χ0) is 15.9. The van der Waals surface area contributed by atoms with E-state index in [9.17, 15) is 9.90 Å². The van der Waals surface area contributed by atoms with Crippen LogP contribution in [0.3, 0.4) is 0 Å². The number of thiophene rings is 1. The Bertz CT molecular complexity index is 583. The van der Waals surface area contributed by atoms with Gasteiger partial charge in [0, 0.05) is 6.54 Å². The van der Waals surface area contributed by atoms with Crippen LogP contribution < -0.4 is 5.73 Å². The molecule has 1 unspecified atom stereocenters. The lowest BCUT2D eigenvalue weighted by atomic mass is 10.2. The van der Waals surface area contributed by atoms with Crippen LogP contribution >= 0.6 is 23.1 Å². The molecule has 1 atom stereocenters. The lowest BCUT2D eigenvalue weighted by molar-refractivity contribution is -0.132. The van der Waals surface area contributed by atoms with Crippen LogP contribution in [0.25, 0.3) is 0 Å². The monoisotopic (exact) mass is 341 g/mol. The topological polar surface area (TPSA) is 108 Å². The van der Waals surface area contributed by atoms with Gasteiger partial charge in [-0.05, 0) is 28.8 Å². The number of hydrogen-bond donors (Lipinski definition) is 3. The first-order chi connectivity index (χ1) is 10.6. The van der Waals surface area contributed by atoms with Crippen molar-refractivity contribution in [2.24, 2.45) is 0 Å². The average molecular weight is 341 g/mol. The summed E-state index contributed by atoms with van der Waals surface area (Å²) in [5.74, 6) is 0.380. The van der Waals surface area contributed by atoms with Crippen molar-refractivity contribution in [1.82, 2.24) is 20.1 Å². The number of thioether (sulfide) groups is 1. The van der Waals surface area contributed by atoms with Gasteiger partial charge in [-0.25, -0.2) is 5.10 Å². The number of carbonyl (C=O) groups is 1. The van der Waals surface area contributed by atoms with E-state index in [2.05, 4.69) is 15.2 Å². The first-order valence-electron chi connectivity index (χ1n) is 6.86. The maximum absolute atomic E-state index is 12.5. The molecule has 1 amide bonds. The van der Waals surface area contributed by atoms with Crippen molar-refractivity contribution in [3.8, 4) is 0 Å². The fourth-order valence-electron chi connectivity index (χ4n) is 1.98. The van der Waals surface area contributed by atoms with Gasteiger partial charge in [0.1, 0.15) is 0 Å². The van der Waals surface area contributed by atoms with Crippen LogP contribution in [-0.2, 0) is 11.3 Å². The van der Waals surface area contributed by atoms with Gasteiger partial charge in [-0.3, -0.25) is 4.79 Å². The van der Waals surface area contributed by atoms with Crippen molar-refractivity contribution in [2.75, 3.05) is 18.1 Å². The van der Waals surface area contributed by atoms with E-state index in [1.165, 1.54) is 11.8 Å². The Morgan fingerprint density at radius 2 is 2.45 bits per heavy atom. The summed E-state index contributed by atoms with van der Waals surface area (Å²) in [6.07, 6.45) is 0.699. The van der Waals surface area contributed by atoms with E-state index in [1.807, 2.05) is 23.8 Å². The Labute approximate surface area is 136 Å². The number of aliphatic hydroxyl groups is 1. The molecule has 2 rings (SSSR count). The van der Waals surface area contributed by atoms with E-state index in [4.69, 9.17) is 5.73 Å². The van der Waals surface area contributed by atoms with Crippen LogP contribution in [-0.4, -0.2) is 49.5 Å². The van der Waals surface area contributed by atoms with Crippen LogP contribution in [0.4, 0.5) is 5.95 Å². The Kier molecular flexibility index (Phi) is 6.22. The second-order valence-corrected chi connectivity index (χ2v) is 6.41. The smallest absolute Gasteiger partial charge is 0.233 e.